The van der Waals surface area contributed by atoms with Crippen molar-refractivity contribution >= 4 is 32.4 Å². The Bertz CT molecular complexity index is 1140. The van der Waals surface area contributed by atoms with E-state index in [9.17, 15) is 14.7 Å². The van der Waals surface area contributed by atoms with Gasteiger partial charge < -0.3 is 9.67 Å². The minimum atomic E-state index is -0.429. The maximum absolute atomic E-state index is 12.7. The number of fused-ring (bicyclic) bond motifs is 2. The van der Waals surface area contributed by atoms with Crippen LogP contribution in [0.1, 0.15) is 0 Å². The number of nitrogens with zero attached hydrogens (tertiary/aromatic N) is 1. The normalized spacial score (nSPS) is 11.7. The molecular formula is C17H11NO3. The summed E-state index contributed by atoms with van der Waals surface area (Å²) in [5.74, 6) is -0.296. The Labute approximate surface area is 118 Å². The van der Waals surface area contributed by atoms with E-state index in [4.69, 9.17) is 0 Å². The molecule has 0 aliphatic carbocycles. The first kappa shape index (κ1) is 11.9. The third kappa shape index (κ3) is 1.39. The van der Waals surface area contributed by atoms with Crippen molar-refractivity contribution in [3.8, 4) is 5.75 Å². The van der Waals surface area contributed by atoms with Crippen molar-refractivity contribution in [3.63, 3.8) is 0 Å². The van der Waals surface area contributed by atoms with Crippen molar-refractivity contribution in [2.75, 3.05) is 0 Å². The van der Waals surface area contributed by atoms with Crippen LogP contribution < -0.4 is 10.9 Å². The average Bonchev–Trinajstić information content (AvgIpc) is 2.49. The van der Waals surface area contributed by atoms with Gasteiger partial charge in [0.05, 0.1) is 5.52 Å². The molecule has 4 aromatic rings. The van der Waals surface area contributed by atoms with E-state index >= 15 is 0 Å². The summed E-state index contributed by atoms with van der Waals surface area (Å²) in [7, 11) is 1.78. The van der Waals surface area contributed by atoms with Crippen molar-refractivity contribution in [3.05, 3.63) is 63.0 Å². The molecule has 21 heavy (non-hydrogen) atoms. The van der Waals surface area contributed by atoms with Crippen LogP contribution in [-0.2, 0) is 7.05 Å². The molecule has 102 valence electrons. The van der Waals surface area contributed by atoms with Crippen LogP contribution in [-0.4, -0.2) is 9.67 Å². The molecule has 0 amide bonds. The molecular weight excluding hydrogens is 266 g/mol. The van der Waals surface area contributed by atoms with E-state index in [1.807, 2.05) is 0 Å². The number of aromatic nitrogens is 1. The van der Waals surface area contributed by atoms with Gasteiger partial charge in [0, 0.05) is 29.4 Å². The van der Waals surface area contributed by atoms with E-state index in [1.54, 1.807) is 48.1 Å². The Kier molecular flexibility index (Phi) is 2.17. The lowest BCUT2D eigenvalue weighted by atomic mass is 9.96. The van der Waals surface area contributed by atoms with Crippen molar-refractivity contribution in [2.45, 2.75) is 0 Å². The Balaban J connectivity index is 2.59. The summed E-state index contributed by atoms with van der Waals surface area (Å²) in [4.78, 5) is 24.7. The number of phenols is 1. The van der Waals surface area contributed by atoms with Gasteiger partial charge in [-0.25, -0.2) is 0 Å². The third-order valence-electron chi connectivity index (χ3n) is 4.02. The van der Waals surface area contributed by atoms with Crippen LogP contribution in [0.3, 0.4) is 0 Å². The molecule has 0 saturated carbocycles. The van der Waals surface area contributed by atoms with E-state index in [0.717, 1.165) is 0 Å². The van der Waals surface area contributed by atoms with E-state index in [1.165, 1.54) is 6.07 Å². The fourth-order valence-electron chi connectivity index (χ4n) is 3.06. The molecule has 0 fully saturated rings. The molecule has 4 rings (SSSR count). The molecule has 1 heterocycles. The largest absolute Gasteiger partial charge is 0.504 e. The molecule has 0 radical (unpaired) electrons. The first-order valence-electron chi connectivity index (χ1n) is 6.59. The molecule has 0 saturated heterocycles. The molecule has 0 spiro atoms. The molecule has 0 bridgehead atoms. The molecule has 0 atom stereocenters. The number of hydrogen-bond donors (Lipinski definition) is 1. The Morgan fingerprint density at radius 2 is 1.71 bits per heavy atom. The smallest absolute Gasteiger partial charge is 0.221 e. The van der Waals surface area contributed by atoms with Gasteiger partial charge in [0.2, 0.25) is 10.9 Å². The van der Waals surface area contributed by atoms with E-state index in [2.05, 4.69) is 0 Å². The SMILES string of the molecule is Cn1ccc2cc(=O)c(O)c3c4ccccc4c(=O)c1c23. The van der Waals surface area contributed by atoms with Gasteiger partial charge in [-0.2, -0.15) is 0 Å². The Morgan fingerprint density at radius 3 is 2.48 bits per heavy atom. The number of hydrogen-bond acceptors (Lipinski definition) is 3. The summed E-state index contributed by atoms with van der Waals surface area (Å²) in [6.45, 7) is 0. The highest BCUT2D eigenvalue weighted by atomic mass is 16.3. The molecule has 1 aromatic heterocycles. The number of phenolic OH excluding ortho intramolecular Hbond substituents is 1. The van der Waals surface area contributed by atoms with Crippen molar-refractivity contribution < 1.29 is 5.11 Å². The van der Waals surface area contributed by atoms with Crippen LogP contribution in [0.15, 0.2) is 52.2 Å². The fourth-order valence-corrected chi connectivity index (χ4v) is 3.06. The van der Waals surface area contributed by atoms with Gasteiger partial charge in [0.25, 0.3) is 0 Å². The summed E-state index contributed by atoms with van der Waals surface area (Å²) < 4.78 is 1.73. The van der Waals surface area contributed by atoms with Gasteiger partial charge in [-0.3, -0.25) is 9.59 Å². The maximum atomic E-state index is 12.7. The standard InChI is InChI=1S/C17H11NO3/c1-18-7-6-9-8-12(19)17(21)14-10-4-2-3-5-11(10)16(20)15(18)13(9)14/h2-8,21H,1H3. The summed E-state index contributed by atoms with van der Waals surface area (Å²) in [5.41, 5.74) is -0.0257. The van der Waals surface area contributed by atoms with Gasteiger partial charge in [-0.05, 0) is 22.9 Å². The minimum absolute atomic E-state index is 0.0933. The molecule has 0 aliphatic heterocycles. The summed E-state index contributed by atoms with van der Waals surface area (Å²) in [6, 6.07) is 10.2. The molecule has 0 aliphatic rings. The second kappa shape index (κ2) is 3.82. The highest BCUT2D eigenvalue weighted by Crippen LogP contribution is 2.33. The third-order valence-corrected chi connectivity index (χ3v) is 4.02. The molecule has 0 unspecified atom stereocenters. The average molecular weight is 277 g/mol. The van der Waals surface area contributed by atoms with Crippen molar-refractivity contribution in [1.82, 2.24) is 4.57 Å². The van der Waals surface area contributed by atoms with E-state index in [-0.39, 0.29) is 11.2 Å². The molecule has 4 heteroatoms. The lowest BCUT2D eigenvalue weighted by Crippen LogP contribution is -2.11. The Morgan fingerprint density at radius 1 is 1.00 bits per heavy atom. The predicted molar refractivity (Wildman–Crippen MR) is 83.3 cm³/mol. The monoisotopic (exact) mass is 277 g/mol. The molecule has 3 aromatic carbocycles. The predicted octanol–water partition coefficient (Wildman–Crippen LogP) is 2.35. The van der Waals surface area contributed by atoms with Gasteiger partial charge >= 0.3 is 0 Å². The molecule has 4 nitrogen and oxygen atoms in total. The zero-order valence-electron chi connectivity index (χ0n) is 11.3. The fraction of sp³-hybridized carbons (Fsp3) is 0.0588. The quantitative estimate of drug-likeness (QED) is 0.396. The Hall–Kier alpha value is -2.88. The van der Waals surface area contributed by atoms with E-state index in [0.29, 0.717) is 32.4 Å². The first-order chi connectivity index (χ1) is 10.1. The second-order valence-electron chi connectivity index (χ2n) is 5.21. The van der Waals surface area contributed by atoms with Crippen LogP contribution >= 0.6 is 0 Å². The first-order valence-corrected chi connectivity index (χ1v) is 6.59. The van der Waals surface area contributed by atoms with Crippen molar-refractivity contribution in [1.29, 1.82) is 0 Å². The highest BCUT2D eigenvalue weighted by Gasteiger charge is 2.17. The highest BCUT2D eigenvalue weighted by molar-refractivity contribution is 6.22. The topological polar surface area (TPSA) is 59.3 Å². The number of benzene rings is 3. The van der Waals surface area contributed by atoms with E-state index < -0.39 is 5.43 Å². The summed E-state index contributed by atoms with van der Waals surface area (Å²) in [5, 5.41) is 13.1. The van der Waals surface area contributed by atoms with Gasteiger partial charge in [-0.15, -0.1) is 0 Å². The second-order valence-corrected chi connectivity index (χ2v) is 5.21. The maximum Gasteiger partial charge on any atom is 0.221 e. The van der Waals surface area contributed by atoms with Gasteiger partial charge in [-0.1, -0.05) is 24.3 Å². The lowest BCUT2D eigenvalue weighted by molar-refractivity contribution is 0.477. The van der Waals surface area contributed by atoms with Crippen LogP contribution in [0.25, 0.3) is 32.4 Å². The van der Waals surface area contributed by atoms with Crippen LogP contribution in [0, 0.1) is 0 Å². The summed E-state index contributed by atoms with van der Waals surface area (Å²) in [6.07, 6.45) is 1.75. The number of rotatable bonds is 0. The lowest BCUT2D eigenvalue weighted by Gasteiger charge is -2.12. The zero-order valence-corrected chi connectivity index (χ0v) is 11.3. The van der Waals surface area contributed by atoms with Gasteiger partial charge in [0.15, 0.2) is 5.75 Å². The number of pyridine rings is 1. The number of aromatic hydroxyl groups is 1. The number of aryl methyl sites for hydroxylation is 1. The van der Waals surface area contributed by atoms with Gasteiger partial charge in [0.1, 0.15) is 0 Å². The summed E-state index contributed by atoms with van der Waals surface area (Å²) >= 11 is 0. The minimum Gasteiger partial charge on any atom is -0.504 e. The zero-order chi connectivity index (χ0) is 14.7. The van der Waals surface area contributed by atoms with Crippen molar-refractivity contribution in [2.24, 2.45) is 7.05 Å². The molecule has 1 N–H and O–H groups in total. The van der Waals surface area contributed by atoms with Crippen LogP contribution in [0.2, 0.25) is 0 Å². The van der Waals surface area contributed by atoms with Crippen LogP contribution in [0.4, 0.5) is 0 Å². The van der Waals surface area contributed by atoms with Crippen LogP contribution in [0.5, 0.6) is 5.75 Å².